The Morgan fingerprint density at radius 2 is 2.05 bits per heavy atom. The van der Waals surface area contributed by atoms with Crippen molar-refractivity contribution in [3.05, 3.63) is 35.9 Å². The molecule has 1 fully saturated rings. The first-order valence-electron chi connectivity index (χ1n) is 7.83. The van der Waals surface area contributed by atoms with Crippen molar-refractivity contribution < 1.29 is 4.79 Å². The van der Waals surface area contributed by atoms with Crippen molar-refractivity contribution in [1.29, 1.82) is 0 Å². The summed E-state index contributed by atoms with van der Waals surface area (Å²) in [4.78, 5) is 15.0. The second-order valence-corrected chi connectivity index (χ2v) is 5.63. The Morgan fingerprint density at radius 1 is 1.35 bits per heavy atom. The van der Waals surface area contributed by atoms with Crippen LogP contribution in [0.15, 0.2) is 30.3 Å². The van der Waals surface area contributed by atoms with Gasteiger partial charge in [-0.05, 0) is 44.2 Å². The Morgan fingerprint density at radius 3 is 2.55 bits per heavy atom. The molecule has 0 saturated heterocycles. The molecule has 3 nitrogen and oxygen atoms in total. The summed E-state index contributed by atoms with van der Waals surface area (Å²) in [6.07, 6.45) is 5.31. The van der Waals surface area contributed by atoms with Crippen LogP contribution in [0.25, 0.3) is 0 Å². The summed E-state index contributed by atoms with van der Waals surface area (Å²) in [5.74, 6) is 0.284. The van der Waals surface area contributed by atoms with E-state index in [0.29, 0.717) is 12.6 Å². The normalized spacial score (nSPS) is 16.5. The zero-order valence-electron chi connectivity index (χ0n) is 12.4. The van der Waals surface area contributed by atoms with Gasteiger partial charge < -0.3 is 10.6 Å². The fourth-order valence-electron chi connectivity index (χ4n) is 2.87. The second kappa shape index (κ2) is 7.44. The first-order chi connectivity index (χ1) is 9.77. The van der Waals surface area contributed by atoms with E-state index in [2.05, 4.69) is 24.0 Å². The smallest absolute Gasteiger partial charge is 0.230 e. The fraction of sp³-hybridized carbons (Fsp3) is 0.588. The molecule has 2 rings (SSSR count). The van der Waals surface area contributed by atoms with Crippen LogP contribution in [0.3, 0.4) is 0 Å². The highest BCUT2D eigenvalue weighted by molar-refractivity contribution is 5.84. The lowest BCUT2D eigenvalue weighted by Crippen LogP contribution is -2.47. The Labute approximate surface area is 122 Å². The van der Waals surface area contributed by atoms with Gasteiger partial charge in [-0.2, -0.15) is 0 Å². The minimum Gasteiger partial charge on any atom is -0.339 e. The summed E-state index contributed by atoms with van der Waals surface area (Å²) in [5, 5.41) is 0. The Hall–Kier alpha value is -1.35. The maximum absolute atomic E-state index is 12.9. The molecule has 0 radical (unpaired) electrons. The van der Waals surface area contributed by atoms with E-state index in [1.165, 1.54) is 6.42 Å². The summed E-state index contributed by atoms with van der Waals surface area (Å²) >= 11 is 0. The molecule has 1 aliphatic rings. The van der Waals surface area contributed by atoms with E-state index >= 15 is 0 Å². The first-order valence-corrected chi connectivity index (χ1v) is 7.83. The van der Waals surface area contributed by atoms with Crippen LogP contribution in [0.5, 0.6) is 0 Å². The van der Waals surface area contributed by atoms with Gasteiger partial charge in [0.25, 0.3) is 0 Å². The molecule has 1 aromatic carbocycles. The molecule has 1 saturated carbocycles. The van der Waals surface area contributed by atoms with E-state index in [0.717, 1.165) is 37.8 Å². The number of amides is 1. The van der Waals surface area contributed by atoms with Crippen LogP contribution >= 0.6 is 0 Å². The van der Waals surface area contributed by atoms with Crippen LogP contribution in [0, 0.1) is 0 Å². The van der Waals surface area contributed by atoms with E-state index < -0.39 is 0 Å². The largest absolute Gasteiger partial charge is 0.339 e. The van der Waals surface area contributed by atoms with Gasteiger partial charge in [-0.1, -0.05) is 37.3 Å². The third-order valence-electron chi connectivity index (χ3n) is 4.31. The third kappa shape index (κ3) is 3.40. The van der Waals surface area contributed by atoms with Gasteiger partial charge in [-0.15, -0.1) is 0 Å². The molecule has 0 aliphatic heterocycles. The van der Waals surface area contributed by atoms with Crippen molar-refractivity contribution >= 4 is 5.91 Å². The minimum atomic E-state index is -0.00502. The predicted molar refractivity (Wildman–Crippen MR) is 82.5 cm³/mol. The average molecular weight is 274 g/mol. The van der Waals surface area contributed by atoms with E-state index in [1.54, 1.807) is 0 Å². The van der Waals surface area contributed by atoms with Crippen molar-refractivity contribution in [3.63, 3.8) is 0 Å². The van der Waals surface area contributed by atoms with Crippen molar-refractivity contribution in [2.75, 3.05) is 13.1 Å². The fourth-order valence-corrected chi connectivity index (χ4v) is 2.87. The van der Waals surface area contributed by atoms with Gasteiger partial charge in [-0.3, -0.25) is 4.79 Å². The maximum atomic E-state index is 12.9. The lowest BCUT2D eigenvalue weighted by molar-refractivity contribution is -0.137. The van der Waals surface area contributed by atoms with Crippen LogP contribution in [-0.2, 0) is 4.79 Å². The van der Waals surface area contributed by atoms with Gasteiger partial charge in [0.15, 0.2) is 0 Å². The number of nitrogens with zero attached hydrogens (tertiary/aromatic N) is 1. The third-order valence-corrected chi connectivity index (χ3v) is 4.31. The van der Waals surface area contributed by atoms with Crippen LogP contribution < -0.4 is 5.73 Å². The van der Waals surface area contributed by atoms with E-state index in [-0.39, 0.29) is 11.8 Å². The molecule has 1 unspecified atom stereocenters. The van der Waals surface area contributed by atoms with E-state index in [1.807, 2.05) is 18.2 Å². The monoisotopic (exact) mass is 274 g/mol. The summed E-state index contributed by atoms with van der Waals surface area (Å²) in [6.45, 7) is 3.55. The van der Waals surface area contributed by atoms with Crippen LogP contribution in [0.4, 0.5) is 0 Å². The average Bonchev–Trinajstić information content (AvgIpc) is 2.43. The summed E-state index contributed by atoms with van der Waals surface area (Å²) in [7, 11) is 0. The minimum absolute atomic E-state index is 0.00502. The topological polar surface area (TPSA) is 46.3 Å². The van der Waals surface area contributed by atoms with Gasteiger partial charge in [0.2, 0.25) is 5.91 Å². The number of carbonyl (C=O) groups is 1. The number of hydrogen-bond donors (Lipinski definition) is 1. The molecule has 0 spiro atoms. The highest BCUT2D eigenvalue weighted by Gasteiger charge is 2.32. The lowest BCUT2D eigenvalue weighted by atomic mass is 9.88. The molecular formula is C17H26N2O. The number of nitrogens with two attached hydrogens (primary N) is 1. The van der Waals surface area contributed by atoms with Crippen molar-refractivity contribution in [2.45, 2.75) is 51.0 Å². The summed E-state index contributed by atoms with van der Waals surface area (Å²) in [5.41, 5.74) is 6.75. The molecule has 0 aromatic heterocycles. The summed E-state index contributed by atoms with van der Waals surface area (Å²) < 4.78 is 0. The lowest BCUT2D eigenvalue weighted by Gasteiger charge is -2.39. The number of hydrogen-bond acceptors (Lipinski definition) is 2. The standard InChI is InChI=1S/C17H26N2O/c1-2-16(14-8-4-3-5-9-14)17(20)19(13-7-12-18)15-10-6-11-15/h3-5,8-9,15-16H,2,6-7,10-13,18H2,1H3. The Kier molecular flexibility index (Phi) is 5.60. The molecule has 1 atom stereocenters. The van der Waals surface area contributed by atoms with Crippen molar-refractivity contribution in [2.24, 2.45) is 5.73 Å². The molecule has 0 bridgehead atoms. The summed E-state index contributed by atoms with van der Waals surface area (Å²) in [6, 6.07) is 10.6. The molecule has 1 aliphatic carbocycles. The first kappa shape index (κ1) is 15.0. The van der Waals surface area contributed by atoms with Crippen LogP contribution in [0.2, 0.25) is 0 Å². The SMILES string of the molecule is CCC(C(=O)N(CCCN)C1CCC1)c1ccccc1. The van der Waals surface area contributed by atoms with Gasteiger partial charge in [0, 0.05) is 12.6 Å². The Balaban J connectivity index is 2.11. The molecule has 0 heterocycles. The quantitative estimate of drug-likeness (QED) is 0.831. The molecule has 1 aromatic rings. The van der Waals surface area contributed by atoms with Crippen molar-refractivity contribution in [1.82, 2.24) is 4.90 Å². The van der Waals surface area contributed by atoms with Crippen LogP contribution in [0.1, 0.15) is 50.5 Å². The molecule has 3 heteroatoms. The highest BCUT2D eigenvalue weighted by Crippen LogP contribution is 2.29. The van der Waals surface area contributed by atoms with Gasteiger partial charge in [0.1, 0.15) is 0 Å². The van der Waals surface area contributed by atoms with Crippen LogP contribution in [-0.4, -0.2) is 29.9 Å². The van der Waals surface area contributed by atoms with E-state index in [4.69, 9.17) is 5.73 Å². The second-order valence-electron chi connectivity index (χ2n) is 5.63. The van der Waals surface area contributed by atoms with E-state index in [9.17, 15) is 4.79 Å². The number of rotatable bonds is 7. The molecule has 1 amide bonds. The maximum Gasteiger partial charge on any atom is 0.230 e. The number of carbonyl (C=O) groups excluding carboxylic acids is 1. The predicted octanol–water partition coefficient (Wildman–Crippen LogP) is 2.91. The highest BCUT2D eigenvalue weighted by atomic mass is 16.2. The Bertz CT molecular complexity index is 414. The van der Waals surface area contributed by atoms with Gasteiger partial charge >= 0.3 is 0 Å². The van der Waals surface area contributed by atoms with Crippen molar-refractivity contribution in [3.8, 4) is 0 Å². The molecule has 2 N–H and O–H groups in total. The molecule has 20 heavy (non-hydrogen) atoms. The van der Waals surface area contributed by atoms with Gasteiger partial charge in [0.05, 0.1) is 5.92 Å². The van der Waals surface area contributed by atoms with Gasteiger partial charge in [-0.25, -0.2) is 0 Å². The molecular weight excluding hydrogens is 248 g/mol. The molecule has 110 valence electrons. The number of benzene rings is 1. The zero-order valence-corrected chi connectivity index (χ0v) is 12.4. The zero-order chi connectivity index (χ0) is 14.4.